The van der Waals surface area contributed by atoms with E-state index >= 15 is 0 Å². The molecule has 0 amide bonds. The molecule has 6 nitrogen and oxygen atoms in total. The fraction of sp³-hybridized carbons (Fsp3) is 0.221. The lowest BCUT2D eigenvalue weighted by molar-refractivity contribution is 0.172. The van der Waals surface area contributed by atoms with Crippen LogP contribution in [0, 0.1) is 0 Å². The number of rotatable bonds is 6. The van der Waals surface area contributed by atoms with E-state index in [2.05, 4.69) is 279 Å². The van der Waals surface area contributed by atoms with Crippen LogP contribution >= 0.6 is 0 Å². The highest BCUT2D eigenvalue weighted by Gasteiger charge is 2.46. The van der Waals surface area contributed by atoms with E-state index in [-0.39, 0.29) is 28.4 Å². The van der Waals surface area contributed by atoms with E-state index in [0.29, 0.717) is 13.2 Å². The van der Waals surface area contributed by atoms with Gasteiger partial charge >= 0.3 is 0 Å². The molecule has 15 rings (SSSR count). The van der Waals surface area contributed by atoms with Crippen molar-refractivity contribution in [2.24, 2.45) is 0 Å². The van der Waals surface area contributed by atoms with E-state index in [1.165, 1.54) is 55.3 Å². The van der Waals surface area contributed by atoms with E-state index in [0.717, 1.165) is 95.8 Å². The van der Waals surface area contributed by atoms with Gasteiger partial charge in [0.2, 0.25) is 0 Å². The zero-order chi connectivity index (χ0) is 57.8. The van der Waals surface area contributed by atoms with Gasteiger partial charge in [0.1, 0.15) is 24.6 Å². The van der Waals surface area contributed by atoms with Crippen molar-refractivity contribution in [3.63, 3.8) is 0 Å². The molecule has 0 saturated carbocycles. The predicted molar refractivity (Wildman–Crippen MR) is 353 cm³/mol. The van der Waals surface area contributed by atoms with E-state index in [1.54, 1.807) is 0 Å². The van der Waals surface area contributed by atoms with Crippen molar-refractivity contribution in [3.8, 4) is 33.9 Å². The third-order valence-electron chi connectivity index (χ3n) is 18.4. The third kappa shape index (κ3) is 8.28. The van der Waals surface area contributed by atoms with Gasteiger partial charge in [-0.25, -0.2) is 0 Å². The molecule has 4 aliphatic rings. The minimum Gasteiger partial charge on any atom is -0.486 e. The van der Waals surface area contributed by atoms with Crippen molar-refractivity contribution >= 4 is 96.0 Å². The number of hydrogen-bond donors (Lipinski definition) is 0. The van der Waals surface area contributed by atoms with Gasteiger partial charge in [-0.15, -0.1) is 0 Å². The second-order valence-electron chi connectivity index (χ2n) is 27.3. The number of ether oxygens (including phenoxy) is 2. The van der Waals surface area contributed by atoms with E-state index in [9.17, 15) is 0 Å². The van der Waals surface area contributed by atoms with Crippen LogP contribution < -0.4 is 40.6 Å². The van der Waals surface area contributed by atoms with Crippen molar-refractivity contribution < 1.29 is 13.9 Å². The van der Waals surface area contributed by atoms with E-state index < -0.39 is 0 Å². The average Bonchev–Trinajstić information content (AvgIpc) is 0.877. The Morgan fingerprint density at radius 2 is 0.988 bits per heavy atom. The molecule has 1 aromatic heterocycles. The number of para-hydroxylation sites is 1. The first-order valence-electron chi connectivity index (χ1n) is 29.9. The summed E-state index contributed by atoms with van der Waals surface area (Å²) in [5.41, 5.74) is 24.2. The van der Waals surface area contributed by atoms with Gasteiger partial charge in [-0.2, -0.15) is 0 Å². The zero-order valence-electron chi connectivity index (χ0n) is 50.1. The summed E-state index contributed by atoms with van der Waals surface area (Å²) in [5.74, 6) is 2.41. The van der Waals surface area contributed by atoms with Gasteiger partial charge in [-0.05, 0) is 173 Å². The Balaban J connectivity index is 1.03. The largest absolute Gasteiger partial charge is 0.486 e. The standard InChI is InChI=1S/C77H70BN3O3/c1-74(2,3)51-23-29-54(30-24-51)80-65-35-27-53(76(7,8)9)41-63(65)78-64-45-71-72(83-37-36-82-71)46-66(64)81(55-31-25-52(26-32-55)75(4,5)6)68-44-58(43-67(80)73(68)78)79(57-33-34-60-59-17-13-14-18-61(59)77(10,11)62(60)42-57)56-28-22-47-38-50(21-20-48(47)39-56)70-40-49-16-12-15-19-69(49)84-70/h12-35,38-46H,36-37H2,1-11H3. The van der Waals surface area contributed by atoms with Gasteiger partial charge in [0.05, 0.1) is 5.69 Å². The molecule has 0 N–H and O–H groups in total. The summed E-state index contributed by atoms with van der Waals surface area (Å²) in [4.78, 5) is 7.58. The van der Waals surface area contributed by atoms with Crippen LogP contribution in [0.1, 0.15) is 104 Å². The topological polar surface area (TPSA) is 41.3 Å². The lowest BCUT2D eigenvalue weighted by Gasteiger charge is -2.45. The molecule has 0 atom stereocenters. The van der Waals surface area contributed by atoms with Crippen LogP contribution in [0.15, 0.2) is 205 Å². The van der Waals surface area contributed by atoms with Gasteiger partial charge in [0.25, 0.3) is 6.71 Å². The Kier molecular flexibility index (Phi) is 11.5. The van der Waals surface area contributed by atoms with Crippen molar-refractivity contribution in [2.45, 2.75) is 97.8 Å². The molecule has 4 heterocycles. The number of benzene rings is 10. The predicted octanol–water partition coefficient (Wildman–Crippen LogP) is 18.8. The maximum atomic E-state index is 6.54. The Labute approximate surface area is 495 Å². The number of hydrogen-bond acceptors (Lipinski definition) is 6. The number of fused-ring (bicyclic) bond motifs is 10. The van der Waals surface area contributed by atoms with Crippen LogP contribution in [0.4, 0.5) is 51.2 Å². The fourth-order valence-corrected chi connectivity index (χ4v) is 13.8. The fourth-order valence-electron chi connectivity index (χ4n) is 13.8. The Bertz CT molecular complexity index is 4460. The molecule has 0 saturated heterocycles. The minimum atomic E-state index is -0.227. The maximum absolute atomic E-state index is 6.54. The first-order chi connectivity index (χ1) is 40.3. The van der Waals surface area contributed by atoms with Gasteiger partial charge in [-0.3, -0.25) is 0 Å². The van der Waals surface area contributed by atoms with Crippen LogP contribution in [-0.2, 0) is 21.7 Å². The highest BCUT2D eigenvalue weighted by molar-refractivity contribution is 7.00. The monoisotopic (exact) mass is 1100 g/mol. The highest BCUT2D eigenvalue weighted by Crippen LogP contribution is 2.54. The van der Waals surface area contributed by atoms with Crippen molar-refractivity contribution in [3.05, 3.63) is 228 Å². The van der Waals surface area contributed by atoms with Crippen molar-refractivity contribution in [1.29, 1.82) is 0 Å². The molecule has 0 spiro atoms. The number of nitrogens with zero attached hydrogens (tertiary/aromatic N) is 3. The molecule has 414 valence electrons. The van der Waals surface area contributed by atoms with Crippen LogP contribution in [0.3, 0.4) is 0 Å². The van der Waals surface area contributed by atoms with Crippen molar-refractivity contribution in [2.75, 3.05) is 27.9 Å². The van der Waals surface area contributed by atoms with E-state index in [4.69, 9.17) is 13.9 Å². The van der Waals surface area contributed by atoms with Gasteiger partial charge < -0.3 is 28.6 Å². The van der Waals surface area contributed by atoms with Crippen LogP contribution in [0.2, 0.25) is 0 Å². The molecular weight excluding hydrogens is 1030 g/mol. The van der Waals surface area contributed by atoms with Crippen LogP contribution in [0.5, 0.6) is 11.5 Å². The quantitative estimate of drug-likeness (QED) is 0.155. The first-order valence-corrected chi connectivity index (χ1v) is 29.9. The number of anilines is 9. The summed E-state index contributed by atoms with van der Waals surface area (Å²) in [6, 6.07) is 75.5. The SMILES string of the molecule is CC(C)(C)c1ccc(N2c3ccc(C(C)(C)C)cc3B3c4cc5c(cc4N(c4ccc(C(C)(C)C)cc4)c4cc(N(c6ccc7c(c6)C(C)(C)c6ccccc6-7)c6ccc7cc(-c8cc9ccccc9o8)ccc7c6)cc2c43)OCCO5)cc1. The van der Waals surface area contributed by atoms with Gasteiger partial charge in [-0.1, -0.05) is 179 Å². The Morgan fingerprint density at radius 3 is 1.67 bits per heavy atom. The van der Waals surface area contributed by atoms with E-state index in [1.807, 2.05) is 12.1 Å². The molecule has 1 aliphatic carbocycles. The van der Waals surface area contributed by atoms with Crippen LogP contribution in [0.25, 0.3) is 44.2 Å². The molecule has 84 heavy (non-hydrogen) atoms. The smallest absolute Gasteiger partial charge is 0.252 e. The highest BCUT2D eigenvalue weighted by atomic mass is 16.6. The summed E-state index contributed by atoms with van der Waals surface area (Å²) in [6.45, 7) is 26.3. The second kappa shape index (κ2) is 18.5. The summed E-state index contributed by atoms with van der Waals surface area (Å²) < 4.78 is 19.5. The molecular formula is C77H70BN3O3. The first kappa shape index (κ1) is 51.9. The average molecular weight is 1100 g/mol. The third-order valence-corrected chi connectivity index (χ3v) is 18.4. The molecule has 10 aromatic carbocycles. The number of furan rings is 1. The molecule has 0 fully saturated rings. The Hall–Kier alpha value is -8.94. The molecule has 11 aromatic rings. The summed E-state index contributed by atoms with van der Waals surface area (Å²) in [6.07, 6.45) is 0. The zero-order valence-corrected chi connectivity index (χ0v) is 50.1. The normalized spacial score (nSPS) is 14.7. The molecule has 0 unspecified atom stereocenters. The van der Waals surface area contributed by atoms with Gasteiger partial charge in [0, 0.05) is 67.9 Å². The summed E-state index contributed by atoms with van der Waals surface area (Å²) in [5, 5.41) is 3.37. The lowest BCUT2D eigenvalue weighted by atomic mass is 9.33. The molecule has 0 bridgehead atoms. The molecule has 3 aliphatic heterocycles. The summed E-state index contributed by atoms with van der Waals surface area (Å²) in [7, 11) is 0. The van der Waals surface area contributed by atoms with Crippen LogP contribution in [-0.4, -0.2) is 19.9 Å². The molecule has 7 heteroatoms. The minimum absolute atomic E-state index is 0.0249. The Morgan fingerprint density at radius 1 is 0.429 bits per heavy atom. The molecule has 0 radical (unpaired) electrons. The lowest BCUT2D eigenvalue weighted by Crippen LogP contribution is -2.61. The maximum Gasteiger partial charge on any atom is 0.252 e. The second-order valence-corrected chi connectivity index (χ2v) is 27.3. The summed E-state index contributed by atoms with van der Waals surface area (Å²) >= 11 is 0. The van der Waals surface area contributed by atoms with Crippen molar-refractivity contribution in [1.82, 2.24) is 0 Å². The van der Waals surface area contributed by atoms with Gasteiger partial charge in [0.15, 0.2) is 11.5 Å².